The van der Waals surface area contributed by atoms with E-state index in [-0.39, 0.29) is 20.1 Å². The molecular formula is C30H26Cl2N2O4S2. The zero-order chi connectivity index (χ0) is 28.9. The number of hydrogen-bond acceptors (Lipinski definition) is 4. The van der Waals surface area contributed by atoms with Crippen molar-refractivity contribution >= 4 is 54.6 Å². The van der Waals surface area contributed by atoms with E-state index in [1.54, 1.807) is 84.9 Å². The summed E-state index contributed by atoms with van der Waals surface area (Å²) in [4.78, 5) is 0.0767. The molecule has 0 saturated carbocycles. The minimum atomic E-state index is -4.14. The maximum absolute atomic E-state index is 13.7. The highest BCUT2D eigenvalue weighted by atomic mass is 35.5. The van der Waals surface area contributed by atoms with Crippen LogP contribution in [0.15, 0.2) is 141 Å². The molecule has 0 aromatic heterocycles. The number of aryl methyl sites for hydroxylation is 2. The number of anilines is 2. The highest BCUT2D eigenvalue weighted by Gasteiger charge is 2.29. The second kappa shape index (κ2) is 12.3. The quantitative estimate of drug-likeness (QED) is 0.144. The standard InChI is InChI=1S/C30H26Cl2N2O4S2/c1-23-13-17-27(18-14-23)39(35,36)33(25-9-5-3-6-10-25)29(31)21-22-30(32)34(26-11-7-4-8-12-26)40(37,38)28-19-15-24(2)16-20-28/h3-22H,1-2H3/b29-21-,30-22-. The summed E-state index contributed by atoms with van der Waals surface area (Å²) < 4.78 is 56.7. The van der Waals surface area contributed by atoms with E-state index in [9.17, 15) is 16.8 Å². The highest BCUT2D eigenvalue weighted by molar-refractivity contribution is 7.93. The Morgan fingerprint density at radius 2 is 0.825 bits per heavy atom. The molecule has 0 bridgehead atoms. The summed E-state index contributed by atoms with van der Waals surface area (Å²) in [6.07, 6.45) is 2.51. The van der Waals surface area contributed by atoms with E-state index in [4.69, 9.17) is 23.2 Å². The van der Waals surface area contributed by atoms with E-state index in [1.165, 1.54) is 36.4 Å². The van der Waals surface area contributed by atoms with Gasteiger partial charge in [-0.05, 0) is 74.5 Å². The molecule has 0 amide bonds. The van der Waals surface area contributed by atoms with Gasteiger partial charge in [-0.25, -0.2) is 25.4 Å². The van der Waals surface area contributed by atoms with E-state index in [0.29, 0.717) is 11.4 Å². The molecule has 4 aromatic rings. The van der Waals surface area contributed by atoms with Crippen LogP contribution in [0.25, 0.3) is 0 Å². The average Bonchev–Trinajstić information content (AvgIpc) is 2.93. The van der Waals surface area contributed by atoms with Gasteiger partial charge in [-0.3, -0.25) is 0 Å². The molecule has 4 rings (SSSR count). The Morgan fingerprint density at radius 1 is 0.525 bits per heavy atom. The number of para-hydroxylation sites is 2. The van der Waals surface area contributed by atoms with Gasteiger partial charge < -0.3 is 0 Å². The van der Waals surface area contributed by atoms with Gasteiger partial charge in [0.1, 0.15) is 10.3 Å². The molecule has 10 heteroatoms. The fraction of sp³-hybridized carbons (Fsp3) is 0.0667. The molecule has 6 nitrogen and oxygen atoms in total. The summed E-state index contributed by atoms with van der Waals surface area (Å²) in [5, 5.41) is -0.434. The van der Waals surface area contributed by atoms with Crippen molar-refractivity contribution in [2.24, 2.45) is 0 Å². The molecule has 4 aromatic carbocycles. The summed E-state index contributed by atoms with van der Waals surface area (Å²) in [6, 6.07) is 29.4. The zero-order valence-electron chi connectivity index (χ0n) is 21.6. The molecule has 0 heterocycles. The second-order valence-electron chi connectivity index (χ2n) is 8.81. The van der Waals surface area contributed by atoms with Crippen molar-refractivity contribution in [3.63, 3.8) is 0 Å². The Kier molecular flexibility index (Phi) is 9.05. The minimum Gasteiger partial charge on any atom is -0.224 e. The largest absolute Gasteiger partial charge is 0.269 e. The first-order chi connectivity index (χ1) is 19.0. The van der Waals surface area contributed by atoms with Crippen molar-refractivity contribution in [1.82, 2.24) is 0 Å². The van der Waals surface area contributed by atoms with Crippen LogP contribution in [0.1, 0.15) is 11.1 Å². The van der Waals surface area contributed by atoms with Gasteiger partial charge in [0, 0.05) is 0 Å². The van der Waals surface area contributed by atoms with Crippen LogP contribution < -0.4 is 8.61 Å². The second-order valence-corrected chi connectivity index (χ2v) is 13.2. The third-order valence-electron chi connectivity index (χ3n) is 5.85. The Morgan fingerprint density at radius 3 is 1.12 bits per heavy atom. The Bertz CT molecular complexity index is 1610. The van der Waals surface area contributed by atoms with Gasteiger partial charge >= 0.3 is 0 Å². The van der Waals surface area contributed by atoms with Gasteiger partial charge in [0.05, 0.1) is 21.2 Å². The van der Waals surface area contributed by atoms with Gasteiger partial charge in [-0.2, -0.15) is 0 Å². The van der Waals surface area contributed by atoms with Crippen molar-refractivity contribution in [3.05, 3.63) is 143 Å². The molecule has 206 valence electrons. The number of sulfonamides is 2. The SMILES string of the molecule is Cc1ccc(S(=O)(=O)N(/C(Cl)=C\C=C(\Cl)N(c2ccccc2)S(=O)(=O)c2ccc(C)cc2)c2ccccc2)cc1. The minimum absolute atomic E-state index is 0.0384. The summed E-state index contributed by atoms with van der Waals surface area (Å²) in [6.45, 7) is 3.71. The lowest BCUT2D eigenvalue weighted by Gasteiger charge is -2.25. The third kappa shape index (κ3) is 6.42. The number of nitrogens with zero attached hydrogens (tertiary/aromatic N) is 2. The van der Waals surface area contributed by atoms with Crippen molar-refractivity contribution in [3.8, 4) is 0 Å². The summed E-state index contributed by atoms with van der Waals surface area (Å²) >= 11 is 13.3. The van der Waals surface area contributed by atoms with Crippen LogP contribution in [-0.2, 0) is 20.0 Å². The number of hydrogen-bond donors (Lipinski definition) is 0. The lowest BCUT2D eigenvalue weighted by Crippen LogP contribution is -2.29. The normalized spacial score (nSPS) is 12.7. The molecule has 0 radical (unpaired) electrons. The summed E-state index contributed by atoms with van der Waals surface area (Å²) in [5.74, 6) is 0. The summed E-state index contributed by atoms with van der Waals surface area (Å²) in [7, 11) is -8.27. The van der Waals surface area contributed by atoms with Gasteiger partial charge in [-0.15, -0.1) is 0 Å². The Hall–Kier alpha value is -3.56. The first-order valence-electron chi connectivity index (χ1n) is 12.1. The van der Waals surface area contributed by atoms with Gasteiger partial charge in [0.25, 0.3) is 20.0 Å². The summed E-state index contributed by atoms with van der Waals surface area (Å²) in [5.41, 5.74) is 2.39. The van der Waals surface area contributed by atoms with Crippen LogP contribution in [0, 0.1) is 13.8 Å². The van der Waals surface area contributed by atoms with Crippen LogP contribution in [0.2, 0.25) is 0 Å². The average molecular weight is 614 g/mol. The predicted octanol–water partition coefficient (Wildman–Crippen LogP) is 7.55. The molecule has 0 unspecified atom stereocenters. The number of rotatable bonds is 9. The number of allylic oxidation sites excluding steroid dienone is 2. The molecule has 0 saturated heterocycles. The van der Waals surface area contributed by atoms with Gasteiger partial charge in [0.15, 0.2) is 0 Å². The molecule has 0 atom stereocenters. The first kappa shape index (κ1) is 29.4. The van der Waals surface area contributed by atoms with E-state index < -0.39 is 20.0 Å². The fourth-order valence-electron chi connectivity index (χ4n) is 3.78. The van der Waals surface area contributed by atoms with E-state index in [0.717, 1.165) is 19.7 Å². The topological polar surface area (TPSA) is 74.8 Å². The van der Waals surface area contributed by atoms with E-state index >= 15 is 0 Å². The monoisotopic (exact) mass is 612 g/mol. The van der Waals surface area contributed by atoms with Crippen molar-refractivity contribution in [1.29, 1.82) is 0 Å². The van der Waals surface area contributed by atoms with Crippen LogP contribution >= 0.6 is 23.2 Å². The number of halogens is 2. The molecule has 0 aliphatic carbocycles. The lowest BCUT2D eigenvalue weighted by molar-refractivity contribution is 0.593. The first-order valence-corrected chi connectivity index (χ1v) is 15.7. The van der Waals surface area contributed by atoms with Gasteiger partial charge in [0.2, 0.25) is 0 Å². The maximum Gasteiger partial charge on any atom is 0.269 e. The molecule has 40 heavy (non-hydrogen) atoms. The van der Waals surface area contributed by atoms with Crippen LogP contribution in [0.3, 0.4) is 0 Å². The van der Waals surface area contributed by atoms with Crippen molar-refractivity contribution < 1.29 is 16.8 Å². The lowest BCUT2D eigenvalue weighted by atomic mass is 10.2. The van der Waals surface area contributed by atoms with Crippen molar-refractivity contribution in [2.75, 3.05) is 8.61 Å². The zero-order valence-corrected chi connectivity index (χ0v) is 24.8. The van der Waals surface area contributed by atoms with Crippen LogP contribution in [0.5, 0.6) is 0 Å². The Balaban J connectivity index is 1.81. The van der Waals surface area contributed by atoms with Gasteiger partial charge in [-0.1, -0.05) is 95.0 Å². The van der Waals surface area contributed by atoms with Crippen LogP contribution in [0.4, 0.5) is 11.4 Å². The van der Waals surface area contributed by atoms with E-state index in [1.807, 2.05) is 13.8 Å². The Labute approximate surface area is 245 Å². The highest BCUT2D eigenvalue weighted by Crippen LogP contribution is 2.32. The molecule has 0 spiro atoms. The molecule has 0 fully saturated rings. The fourth-order valence-corrected chi connectivity index (χ4v) is 7.41. The molecular weight excluding hydrogens is 587 g/mol. The smallest absolute Gasteiger partial charge is 0.224 e. The third-order valence-corrected chi connectivity index (χ3v) is 10.1. The molecule has 0 N–H and O–H groups in total. The predicted molar refractivity (Wildman–Crippen MR) is 162 cm³/mol. The van der Waals surface area contributed by atoms with Crippen molar-refractivity contribution in [2.45, 2.75) is 23.6 Å². The molecule has 0 aliphatic rings. The maximum atomic E-state index is 13.7. The van der Waals surface area contributed by atoms with E-state index in [2.05, 4.69) is 0 Å². The number of benzene rings is 4. The molecule has 0 aliphatic heterocycles. The van der Waals surface area contributed by atoms with Crippen LogP contribution in [-0.4, -0.2) is 16.8 Å².